The molecule has 1 amide bonds. The zero-order chi connectivity index (χ0) is 18.5. The average Bonchev–Trinajstić information content (AvgIpc) is 2.96. The lowest BCUT2D eigenvalue weighted by Crippen LogP contribution is -2.31. The lowest BCUT2D eigenvalue weighted by molar-refractivity contribution is -0.384. The summed E-state index contributed by atoms with van der Waals surface area (Å²) < 4.78 is 7.38. The summed E-state index contributed by atoms with van der Waals surface area (Å²) in [6.45, 7) is 2.83. The number of hydrogen-bond acceptors (Lipinski definition) is 5. The number of hydrogen-bond donors (Lipinski definition) is 1. The molecular formula is C18H18N4O4. The molecule has 0 bridgehead atoms. The number of amides is 1. The summed E-state index contributed by atoms with van der Waals surface area (Å²) in [5.74, 6) is 1.04. The van der Waals surface area contributed by atoms with Gasteiger partial charge in [0.2, 0.25) is 0 Å². The van der Waals surface area contributed by atoms with Crippen LogP contribution in [0.3, 0.4) is 0 Å². The molecule has 0 fully saturated rings. The molecule has 0 saturated carbocycles. The molecule has 1 N–H and O–H groups in total. The molecule has 0 aliphatic heterocycles. The van der Waals surface area contributed by atoms with E-state index in [9.17, 15) is 14.9 Å². The van der Waals surface area contributed by atoms with Crippen LogP contribution in [0.25, 0.3) is 11.0 Å². The predicted octanol–water partition coefficient (Wildman–Crippen LogP) is 2.45. The molecule has 0 spiro atoms. The van der Waals surface area contributed by atoms with Crippen molar-refractivity contribution in [3.05, 3.63) is 64.5 Å². The highest BCUT2D eigenvalue weighted by Crippen LogP contribution is 2.17. The van der Waals surface area contributed by atoms with Gasteiger partial charge in [0, 0.05) is 25.2 Å². The van der Waals surface area contributed by atoms with Crippen molar-refractivity contribution in [3.63, 3.8) is 0 Å². The van der Waals surface area contributed by atoms with Crippen molar-refractivity contribution in [2.75, 3.05) is 13.2 Å². The SMILES string of the molecule is Cc1nc2ccccc2n1CCNC(=O)COc1ccc([N+](=O)[O-])cc1. The van der Waals surface area contributed by atoms with Gasteiger partial charge in [-0.3, -0.25) is 14.9 Å². The van der Waals surface area contributed by atoms with Crippen LogP contribution in [0.1, 0.15) is 5.82 Å². The summed E-state index contributed by atoms with van der Waals surface area (Å²) in [5.41, 5.74) is 1.93. The highest BCUT2D eigenvalue weighted by Gasteiger charge is 2.08. The minimum atomic E-state index is -0.488. The van der Waals surface area contributed by atoms with Crippen LogP contribution in [0.2, 0.25) is 0 Å². The largest absolute Gasteiger partial charge is 0.484 e. The molecule has 1 heterocycles. The molecule has 3 rings (SSSR count). The molecule has 0 atom stereocenters. The standard InChI is InChI=1S/C18H18N4O4/c1-13-20-16-4-2-3-5-17(16)21(13)11-10-19-18(23)12-26-15-8-6-14(7-9-15)22(24)25/h2-9H,10-12H2,1H3,(H,19,23). The van der Waals surface area contributed by atoms with Gasteiger partial charge >= 0.3 is 0 Å². The Morgan fingerprint density at radius 1 is 1.23 bits per heavy atom. The van der Waals surface area contributed by atoms with Gasteiger partial charge in [0.1, 0.15) is 11.6 Å². The van der Waals surface area contributed by atoms with Crippen LogP contribution in [0.15, 0.2) is 48.5 Å². The van der Waals surface area contributed by atoms with Crippen molar-refractivity contribution < 1.29 is 14.5 Å². The topological polar surface area (TPSA) is 99.3 Å². The van der Waals surface area contributed by atoms with E-state index in [1.807, 2.05) is 35.8 Å². The fourth-order valence-corrected chi connectivity index (χ4v) is 2.65. The van der Waals surface area contributed by atoms with E-state index in [1.54, 1.807) is 0 Å². The maximum atomic E-state index is 11.9. The molecule has 0 aliphatic carbocycles. The normalized spacial score (nSPS) is 10.7. The Bertz CT molecular complexity index is 934. The highest BCUT2D eigenvalue weighted by atomic mass is 16.6. The Kier molecular flexibility index (Phi) is 5.12. The number of nitro benzene ring substituents is 1. The van der Waals surface area contributed by atoms with E-state index in [1.165, 1.54) is 24.3 Å². The first-order valence-corrected chi connectivity index (χ1v) is 8.10. The molecule has 2 aromatic carbocycles. The van der Waals surface area contributed by atoms with Crippen molar-refractivity contribution in [1.29, 1.82) is 0 Å². The summed E-state index contributed by atoms with van der Waals surface area (Å²) >= 11 is 0. The van der Waals surface area contributed by atoms with Crippen molar-refractivity contribution in [1.82, 2.24) is 14.9 Å². The van der Waals surface area contributed by atoms with E-state index in [2.05, 4.69) is 10.3 Å². The molecule has 3 aromatic rings. The summed E-state index contributed by atoms with van der Waals surface area (Å²) in [7, 11) is 0. The number of nitrogens with one attached hydrogen (secondary N) is 1. The number of carbonyl (C=O) groups excluding carboxylic acids is 1. The fraction of sp³-hybridized carbons (Fsp3) is 0.222. The van der Waals surface area contributed by atoms with Gasteiger partial charge < -0.3 is 14.6 Å². The van der Waals surface area contributed by atoms with Crippen molar-refractivity contribution in [3.8, 4) is 5.75 Å². The monoisotopic (exact) mass is 354 g/mol. The maximum Gasteiger partial charge on any atom is 0.269 e. The molecule has 8 heteroatoms. The number of aromatic nitrogens is 2. The number of nitrogens with zero attached hydrogens (tertiary/aromatic N) is 3. The fourth-order valence-electron chi connectivity index (χ4n) is 2.65. The van der Waals surface area contributed by atoms with Crippen LogP contribution in [-0.2, 0) is 11.3 Å². The van der Waals surface area contributed by atoms with Gasteiger partial charge in [-0.2, -0.15) is 0 Å². The number of non-ortho nitro benzene ring substituents is 1. The van der Waals surface area contributed by atoms with E-state index in [-0.39, 0.29) is 18.2 Å². The van der Waals surface area contributed by atoms with E-state index in [0.717, 1.165) is 16.9 Å². The number of benzene rings is 2. The number of ether oxygens (including phenoxy) is 1. The summed E-state index contributed by atoms with van der Waals surface area (Å²) in [6, 6.07) is 13.4. The molecule has 0 aliphatic rings. The quantitative estimate of drug-likeness (QED) is 0.519. The number of para-hydroxylation sites is 2. The van der Waals surface area contributed by atoms with Crippen molar-refractivity contribution >= 4 is 22.6 Å². The predicted molar refractivity (Wildman–Crippen MR) is 96.1 cm³/mol. The van der Waals surface area contributed by atoms with Gasteiger partial charge in [0.25, 0.3) is 11.6 Å². The molecule has 26 heavy (non-hydrogen) atoms. The van der Waals surface area contributed by atoms with E-state index >= 15 is 0 Å². The Hall–Kier alpha value is -3.42. The molecule has 134 valence electrons. The number of aryl methyl sites for hydroxylation is 1. The summed E-state index contributed by atoms with van der Waals surface area (Å²) in [4.78, 5) is 26.5. The number of fused-ring (bicyclic) bond motifs is 1. The first-order chi connectivity index (χ1) is 12.5. The summed E-state index contributed by atoms with van der Waals surface area (Å²) in [5, 5.41) is 13.4. The zero-order valence-electron chi connectivity index (χ0n) is 14.2. The summed E-state index contributed by atoms with van der Waals surface area (Å²) in [6.07, 6.45) is 0. The second-order valence-electron chi connectivity index (χ2n) is 5.69. The van der Waals surface area contributed by atoms with Gasteiger partial charge in [-0.05, 0) is 31.2 Å². The number of nitro groups is 1. The van der Waals surface area contributed by atoms with E-state index < -0.39 is 4.92 Å². The first-order valence-electron chi connectivity index (χ1n) is 8.10. The van der Waals surface area contributed by atoms with Gasteiger partial charge in [-0.15, -0.1) is 0 Å². The molecule has 0 radical (unpaired) electrons. The van der Waals surface area contributed by atoms with Crippen LogP contribution in [0.4, 0.5) is 5.69 Å². The maximum absolute atomic E-state index is 11.9. The van der Waals surface area contributed by atoms with Gasteiger partial charge in [-0.25, -0.2) is 4.98 Å². The molecular weight excluding hydrogens is 336 g/mol. The minimum absolute atomic E-state index is 0.0234. The molecule has 8 nitrogen and oxygen atoms in total. The van der Waals surface area contributed by atoms with Crippen LogP contribution in [0.5, 0.6) is 5.75 Å². The van der Waals surface area contributed by atoms with Crippen LogP contribution < -0.4 is 10.1 Å². The van der Waals surface area contributed by atoms with Gasteiger partial charge in [0.15, 0.2) is 6.61 Å². The molecule has 0 saturated heterocycles. The highest BCUT2D eigenvalue weighted by molar-refractivity contribution is 5.78. The van der Waals surface area contributed by atoms with Crippen LogP contribution in [-0.4, -0.2) is 33.5 Å². The smallest absolute Gasteiger partial charge is 0.269 e. The Balaban J connectivity index is 1.48. The number of rotatable bonds is 7. The van der Waals surface area contributed by atoms with E-state index in [4.69, 9.17) is 4.74 Å². The van der Waals surface area contributed by atoms with E-state index in [0.29, 0.717) is 18.8 Å². The lowest BCUT2D eigenvalue weighted by Gasteiger charge is -2.09. The Labute approximate surface area is 149 Å². The van der Waals surface area contributed by atoms with Gasteiger partial charge in [0.05, 0.1) is 16.0 Å². The third-order valence-corrected chi connectivity index (χ3v) is 3.92. The second-order valence-corrected chi connectivity index (χ2v) is 5.69. The Morgan fingerprint density at radius 2 is 1.96 bits per heavy atom. The van der Waals surface area contributed by atoms with Crippen LogP contribution in [0, 0.1) is 17.0 Å². The Morgan fingerprint density at radius 3 is 2.69 bits per heavy atom. The minimum Gasteiger partial charge on any atom is -0.484 e. The third kappa shape index (κ3) is 3.97. The lowest BCUT2D eigenvalue weighted by atomic mass is 10.3. The average molecular weight is 354 g/mol. The molecule has 0 unspecified atom stereocenters. The van der Waals surface area contributed by atoms with Gasteiger partial charge in [-0.1, -0.05) is 12.1 Å². The van der Waals surface area contributed by atoms with Crippen molar-refractivity contribution in [2.24, 2.45) is 0 Å². The number of carbonyl (C=O) groups is 1. The number of imidazole rings is 1. The third-order valence-electron chi connectivity index (χ3n) is 3.92. The van der Waals surface area contributed by atoms with Crippen molar-refractivity contribution in [2.45, 2.75) is 13.5 Å². The molecule has 1 aromatic heterocycles. The first kappa shape index (κ1) is 17.4. The zero-order valence-corrected chi connectivity index (χ0v) is 14.2. The second kappa shape index (κ2) is 7.64. The van der Waals surface area contributed by atoms with Crippen LogP contribution >= 0.6 is 0 Å².